The number of ether oxygens (including phenoxy) is 1. The van der Waals surface area contributed by atoms with E-state index >= 15 is 0 Å². The summed E-state index contributed by atoms with van der Waals surface area (Å²) in [5.74, 6) is 0.982. The summed E-state index contributed by atoms with van der Waals surface area (Å²) in [4.78, 5) is 19.0. The van der Waals surface area contributed by atoms with Crippen molar-refractivity contribution >= 4 is 23.0 Å². The smallest absolute Gasteiger partial charge is 0.410 e. The van der Waals surface area contributed by atoms with Crippen LogP contribution in [0, 0.1) is 5.92 Å². The van der Waals surface area contributed by atoms with Crippen LogP contribution in [0.25, 0.3) is 0 Å². The van der Waals surface area contributed by atoms with E-state index in [4.69, 9.17) is 13.8 Å². The van der Waals surface area contributed by atoms with Gasteiger partial charge in [-0.25, -0.2) is 9.00 Å². The van der Waals surface area contributed by atoms with Crippen molar-refractivity contribution < 1.29 is 22.8 Å². The number of nitrogens with zero attached hydrogens (tertiary/aromatic N) is 2. The molecule has 0 radical (unpaired) electrons. The van der Waals surface area contributed by atoms with E-state index in [0.717, 1.165) is 18.7 Å². The fourth-order valence-electron chi connectivity index (χ4n) is 2.42. The molecule has 132 valence electrons. The number of carbonyl (C=O) groups is 1. The molecule has 8 nitrogen and oxygen atoms in total. The van der Waals surface area contributed by atoms with Crippen LogP contribution >= 0.6 is 0 Å². The average Bonchev–Trinajstić information content (AvgIpc) is 2.92. The first-order valence-corrected chi connectivity index (χ1v) is 9.18. The second-order valence-corrected chi connectivity index (χ2v) is 7.68. The van der Waals surface area contributed by atoms with Crippen molar-refractivity contribution in [1.29, 1.82) is 0 Å². The Morgan fingerprint density at radius 3 is 2.65 bits per heavy atom. The van der Waals surface area contributed by atoms with Gasteiger partial charge in [-0.05, 0) is 33.6 Å². The average molecular weight is 347 g/mol. The Labute approximate surface area is 139 Å². The van der Waals surface area contributed by atoms with Crippen molar-refractivity contribution in [2.45, 2.75) is 45.4 Å². The van der Waals surface area contributed by atoms with Gasteiger partial charge in [-0.3, -0.25) is 4.18 Å². The summed E-state index contributed by atoms with van der Waals surface area (Å²) in [6.07, 6.45) is 2.37. The third-order valence-electron chi connectivity index (χ3n) is 3.51. The minimum absolute atomic E-state index is 0.173. The van der Waals surface area contributed by atoms with E-state index < -0.39 is 22.9 Å². The molecular weight excluding hydrogens is 322 g/mol. The van der Waals surface area contributed by atoms with Gasteiger partial charge in [0.15, 0.2) is 11.1 Å². The van der Waals surface area contributed by atoms with Crippen molar-refractivity contribution in [2.75, 3.05) is 26.0 Å². The van der Waals surface area contributed by atoms with E-state index in [0.29, 0.717) is 13.1 Å². The molecule has 2 heterocycles. The van der Waals surface area contributed by atoms with E-state index in [-0.39, 0.29) is 18.6 Å². The van der Waals surface area contributed by atoms with Crippen LogP contribution in [0.5, 0.6) is 0 Å². The predicted molar refractivity (Wildman–Crippen MR) is 86.0 cm³/mol. The topological polar surface area (TPSA) is 89.5 Å². The standard InChI is InChI=1S/C14H25N3O5S/c1-14(2,3)21-13(18)17-7-5-10(6-8-17)12-15-11(22-16-12)9-20-23(4)19/h10-11H,5-9H2,1-4H3,(H,15,16). The van der Waals surface area contributed by atoms with Crippen molar-refractivity contribution in [3.05, 3.63) is 0 Å². The van der Waals surface area contributed by atoms with Gasteiger partial charge in [0.1, 0.15) is 18.0 Å². The first-order chi connectivity index (χ1) is 10.7. The Balaban J connectivity index is 1.75. The summed E-state index contributed by atoms with van der Waals surface area (Å²) in [6, 6.07) is 0. The van der Waals surface area contributed by atoms with Crippen LogP contribution in [0.3, 0.4) is 0 Å². The highest BCUT2D eigenvalue weighted by Crippen LogP contribution is 2.22. The van der Waals surface area contributed by atoms with Gasteiger partial charge in [-0.2, -0.15) is 0 Å². The maximum Gasteiger partial charge on any atom is 0.410 e. The Morgan fingerprint density at radius 2 is 2.09 bits per heavy atom. The largest absolute Gasteiger partial charge is 0.444 e. The molecule has 2 atom stereocenters. The van der Waals surface area contributed by atoms with Gasteiger partial charge in [-0.15, -0.1) is 0 Å². The minimum atomic E-state index is -1.33. The third-order valence-corrected chi connectivity index (χ3v) is 3.97. The molecule has 0 aromatic carbocycles. The quantitative estimate of drug-likeness (QED) is 0.822. The summed E-state index contributed by atoms with van der Waals surface area (Å²) >= 11 is -1.33. The Kier molecular flexibility index (Phi) is 5.85. The van der Waals surface area contributed by atoms with E-state index in [2.05, 4.69) is 10.5 Å². The molecule has 2 aliphatic heterocycles. The first kappa shape index (κ1) is 18.0. The number of amidine groups is 1. The second-order valence-electron chi connectivity index (χ2n) is 6.64. The summed E-state index contributed by atoms with van der Waals surface area (Å²) in [6.45, 7) is 7.00. The highest BCUT2D eigenvalue weighted by atomic mass is 32.2. The van der Waals surface area contributed by atoms with E-state index in [9.17, 15) is 9.00 Å². The number of oxime groups is 1. The monoisotopic (exact) mass is 347 g/mol. The van der Waals surface area contributed by atoms with Crippen LogP contribution < -0.4 is 5.32 Å². The van der Waals surface area contributed by atoms with Crippen LogP contribution in [-0.2, 0) is 24.8 Å². The SMILES string of the molecule is CS(=O)OCC1NC(C2CCN(C(=O)OC(C)(C)C)CC2)=NO1. The van der Waals surface area contributed by atoms with Gasteiger partial charge >= 0.3 is 6.09 Å². The second kappa shape index (κ2) is 7.48. The van der Waals surface area contributed by atoms with Gasteiger partial charge < -0.3 is 19.8 Å². The summed E-state index contributed by atoms with van der Waals surface area (Å²) in [7, 11) is 0. The zero-order valence-electron chi connectivity index (χ0n) is 14.0. The lowest BCUT2D eigenvalue weighted by atomic mass is 9.96. The lowest BCUT2D eigenvalue weighted by molar-refractivity contribution is 0.0201. The number of carbonyl (C=O) groups excluding carboxylic acids is 1. The molecule has 1 N–H and O–H groups in total. The Morgan fingerprint density at radius 1 is 1.43 bits per heavy atom. The number of amides is 1. The summed E-state index contributed by atoms with van der Waals surface area (Å²) in [5.41, 5.74) is -0.481. The zero-order chi connectivity index (χ0) is 17.0. The van der Waals surface area contributed by atoms with Crippen molar-refractivity contribution in [1.82, 2.24) is 10.2 Å². The lowest BCUT2D eigenvalue weighted by Gasteiger charge is -2.33. The molecule has 2 unspecified atom stereocenters. The fourth-order valence-corrected chi connectivity index (χ4v) is 2.74. The van der Waals surface area contributed by atoms with Gasteiger partial charge in [0, 0.05) is 25.3 Å². The van der Waals surface area contributed by atoms with Crippen molar-refractivity contribution in [2.24, 2.45) is 11.1 Å². The zero-order valence-corrected chi connectivity index (χ0v) is 14.9. The third kappa shape index (κ3) is 5.65. The van der Waals surface area contributed by atoms with Gasteiger partial charge in [-0.1, -0.05) is 5.16 Å². The molecule has 0 spiro atoms. The number of piperidine rings is 1. The van der Waals surface area contributed by atoms with Crippen molar-refractivity contribution in [3.63, 3.8) is 0 Å². The molecular formula is C14H25N3O5S. The normalized spacial score (nSPS) is 23.7. The van der Waals surface area contributed by atoms with E-state index in [1.807, 2.05) is 20.8 Å². The molecule has 2 aliphatic rings. The molecule has 1 amide bonds. The van der Waals surface area contributed by atoms with Crippen LogP contribution in [0.1, 0.15) is 33.6 Å². The van der Waals surface area contributed by atoms with Gasteiger partial charge in [0.2, 0.25) is 6.23 Å². The molecule has 23 heavy (non-hydrogen) atoms. The summed E-state index contributed by atoms with van der Waals surface area (Å²) in [5, 5.41) is 7.17. The Bertz CT molecular complexity index is 483. The molecule has 0 aromatic rings. The molecule has 1 fully saturated rings. The van der Waals surface area contributed by atoms with Crippen LogP contribution in [0.15, 0.2) is 5.16 Å². The molecule has 0 bridgehead atoms. The molecule has 2 rings (SSSR count). The maximum atomic E-state index is 12.0. The van der Waals surface area contributed by atoms with Crippen molar-refractivity contribution in [3.8, 4) is 0 Å². The summed E-state index contributed by atoms with van der Waals surface area (Å²) < 4.78 is 21.3. The minimum Gasteiger partial charge on any atom is -0.444 e. The highest BCUT2D eigenvalue weighted by Gasteiger charge is 2.32. The van der Waals surface area contributed by atoms with Gasteiger partial charge in [0.25, 0.3) is 0 Å². The molecule has 0 aromatic heterocycles. The predicted octanol–water partition coefficient (Wildman–Crippen LogP) is 1.20. The number of nitrogens with one attached hydrogen (secondary N) is 1. The highest BCUT2D eigenvalue weighted by molar-refractivity contribution is 7.79. The van der Waals surface area contributed by atoms with E-state index in [1.54, 1.807) is 4.90 Å². The van der Waals surface area contributed by atoms with Crippen LogP contribution in [-0.4, -0.2) is 58.8 Å². The van der Waals surface area contributed by atoms with Gasteiger partial charge in [0.05, 0.1) is 0 Å². The van der Waals surface area contributed by atoms with Crippen LogP contribution in [0.4, 0.5) is 4.79 Å². The molecule has 0 saturated carbocycles. The first-order valence-electron chi connectivity index (χ1n) is 7.69. The lowest BCUT2D eigenvalue weighted by Crippen LogP contribution is -2.45. The number of rotatable bonds is 4. The fraction of sp³-hybridized carbons (Fsp3) is 0.857. The van der Waals surface area contributed by atoms with E-state index in [1.165, 1.54) is 6.26 Å². The van der Waals surface area contributed by atoms with Crippen LogP contribution in [0.2, 0.25) is 0 Å². The molecule has 9 heteroatoms. The number of likely N-dealkylation sites (tertiary alicyclic amines) is 1. The molecule has 0 aliphatic carbocycles. The number of hydrogen-bond donors (Lipinski definition) is 1. The number of hydrogen-bond acceptors (Lipinski definition) is 7. The maximum absolute atomic E-state index is 12.0. The Hall–Kier alpha value is -1.35. The molecule has 1 saturated heterocycles.